The van der Waals surface area contributed by atoms with Crippen LogP contribution < -0.4 is 4.74 Å². The molecular formula is C11H6Cl3FN2O. The van der Waals surface area contributed by atoms with Crippen LogP contribution >= 0.6 is 34.8 Å². The maximum absolute atomic E-state index is 13.7. The highest BCUT2D eigenvalue weighted by atomic mass is 35.5. The van der Waals surface area contributed by atoms with Gasteiger partial charge in [-0.15, -0.1) is 11.6 Å². The third-order valence-corrected chi connectivity index (χ3v) is 2.99. The lowest BCUT2D eigenvalue weighted by Crippen LogP contribution is -1.97. The largest absolute Gasteiger partial charge is 0.435 e. The van der Waals surface area contributed by atoms with Gasteiger partial charge in [-0.3, -0.25) is 0 Å². The Balaban J connectivity index is 2.40. The van der Waals surface area contributed by atoms with E-state index in [1.807, 2.05) is 0 Å². The number of rotatable bonds is 3. The molecule has 0 atom stereocenters. The lowest BCUT2D eigenvalue weighted by atomic mass is 10.3. The van der Waals surface area contributed by atoms with Gasteiger partial charge in [0.15, 0.2) is 11.6 Å². The number of hydrogen-bond donors (Lipinski definition) is 0. The second-order valence-electron chi connectivity index (χ2n) is 3.24. The van der Waals surface area contributed by atoms with Crippen molar-refractivity contribution in [2.24, 2.45) is 0 Å². The van der Waals surface area contributed by atoms with E-state index in [1.54, 1.807) is 6.07 Å². The van der Waals surface area contributed by atoms with Crippen molar-refractivity contribution in [1.82, 2.24) is 9.97 Å². The normalized spacial score (nSPS) is 10.4. The molecule has 3 nitrogen and oxygen atoms in total. The summed E-state index contributed by atoms with van der Waals surface area (Å²) in [6.07, 6.45) is 1.20. The molecule has 1 aromatic carbocycles. The maximum atomic E-state index is 13.7. The third kappa shape index (κ3) is 2.66. The Hall–Kier alpha value is -1.10. The lowest BCUT2D eigenvalue weighted by Gasteiger charge is -2.09. The highest BCUT2D eigenvalue weighted by Gasteiger charge is 2.14. The van der Waals surface area contributed by atoms with Crippen molar-refractivity contribution in [3.05, 3.63) is 46.1 Å². The predicted molar refractivity (Wildman–Crippen MR) is 68.1 cm³/mol. The molecule has 0 saturated heterocycles. The molecule has 7 heteroatoms. The SMILES string of the molecule is Fc1c(Cl)cccc1Oc1ncnc(Cl)c1CCl. The molecule has 0 bridgehead atoms. The van der Waals surface area contributed by atoms with E-state index in [9.17, 15) is 4.39 Å². The van der Waals surface area contributed by atoms with Gasteiger partial charge in [-0.2, -0.15) is 0 Å². The van der Waals surface area contributed by atoms with Crippen LogP contribution in [0.4, 0.5) is 4.39 Å². The van der Waals surface area contributed by atoms with Gasteiger partial charge in [-0.1, -0.05) is 29.3 Å². The summed E-state index contributed by atoms with van der Waals surface area (Å²) in [6.45, 7) is 0. The molecule has 2 aromatic rings. The van der Waals surface area contributed by atoms with Gasteiger partial charge in [-0.25, -0.2) is 14.4 Å². The number of halogens is 4. The Kier molecular flexibility index (Phi) is 4.22. The third-order valence-electron chi connectivity index (χ3n) is 2.11. The van der Waals surface area contributed by atoms with Crippen molar-refractivity contribution in [3.8, 4) is 11.6 Å². The fourth-order valence-corrected chi connectivity index (χ4v) is 1.91. The lowest BCUT2D eigenvalue weighted by molar-refractivity contribution is 0.423. The maximum Gasteiger partial charge on any atom is 0.228 e. The highest BCUT2D eigenvalue weighted by molar-refractivity contribution is 6.31. The number of nitrogens with zero attached hydrogens (tertiary/aromatic N) is 2. The summed E-state index contributed by atoms with van der Waals surface area (Å²) in [4.78, 5) is 7.63. The molecule has 18 heavy (non-hydrogen) atoms. The number of benzene rings is 1. The summed E-state index contributed by atoms with van der Waals surface area (Å²) in [5.74, 6) is -0.568. The minimum atomic E-state index is -0.672. The van der Waals surface area contributed by atoms with Gasteiger partial charge in [0.2, 0.25) is 5.88 Å². The van der Waals surface area contributed by atoms with Crippen LogP contribution in [0.3, 0.4) is 0 Å². The minimum absolute atomic E-state index is 0.0416. The molecule has 0 amide bonds. The average molecular weight is 308 g/mol. The van der Waals surface area contributed by atoms with Gasteiger partial charge in [0.25, 0.3) is 0 Å². The molecule has 0 radical (unpaired) electrons. The Bertz CT molecular complexity index is 580. The molecule has 0 unspecified atom stereocenters. The van der Waals surface area contributed by atoms with Crippen molar-refractivity contribution in [2.75, 3.05) is 0 Å². The topological polar surface area (TPSA) is 35.0 Å². The Morgan fingerprint density at radius 1 is 1.22 bits per heavy atom. The summed E-state index contributed by atoms with van der Waals surface area (Å²) < 4.78 is 19.0. The molecule has 0 aliphatic heterocycles. The molecule has 1 heterocycles. The van der Waals surface area contributed by atoms with Gasteiger partial charge >= 0.3 is 0 Å². The molecule has 0 aliphatic carbocycles. The van der Waals surface area contributed by atoms with E-state index in [4.69, 9.17) is 39.5 Å². The van der Waals surface area contributed by atoms with Crippen LogP contribution in [0.25, 0.3) is 0 Å². The zero-order valence-electron chi connectivity index (χ0n) is 8.83. The zero-order valence-corrected chi connectivity index (χ0v) is 11.1. The van der Waals surface area contributed by atoms with Gasteiger partial charge < -0.3 is 4.74 Å². The van der Waals surface area contributed by atoms with Crippen molar-refractivity contribution in [3.63, 3.8) is 0 Å². The first kappa shape index (κ1) is 13.3. The van der Waals surface area contributed by atoms with Crippen LogP contribution in [-0.4, -0.2) is 9.97 Å². The molecule has 94 valence electrons. The smallest absolute Gasteiger partial charge is 0.228 e. The molecule has 2 rings (SSSR count). The molecule has 0 fully saturated rings. The summed E-state index contributed by atoms with van der Waals surface area (Å²) >= 11 is 17.2. The number of ether oxygens (including phenoxy) is 1. The van der Waals surface area contributed by atoms with Gasteiger partial charge in [0.05, 0.1) is 16.5 Å². The molecule has 1 aromatic heterocycles. The quantitative estimate of drug-likeness (QED) is 0.620. The predicted octanol–water partition coefficient (Wildman–Crippen LogP) is 4.45. The second kappa shape index (κ2) is 5.69. The number of aromatic nitrogens is 2. The van der Waals surface area contributed by atoms with E-state index in [2.05, 4.69) is 9.97 Å². The first-order valence-corrected chi connectivity index (χ1v) is 6.09. The van der Waals surface area contributed by atoms with E-state index in [0.29, 0.717) is 5.56 Å². The second-order valence-corrected chi connectivity index (χ2v) is 4.27. The van der Waals surface area contributed by atoms with Crippen molar-refractivity contribution < 1.29 is 9.13 Å². The van der Waals surface area contributed by atoms with E-state index in [0.717, 1.165) is 0 Å². The van der Waals surface area contributed by atoms with Gasteiger partial charge in [0.1, 0.15) is 11.5 Å². The van der Waals surface area contributed by atoms with Crippen LogP contribution in [0.1, 0.15) is 5.56 Å². The van der Waals surface area contributed by atoms with E-state index in [1.165, 1.54) is 18.5 Å². The van der Waals surface area contributed by atoms with Crippen LogP contribution in [0.2, 0.25) is 10.2 Å². The van der Waals surface area contributed by atoms with Gasteiger partial charge in [0, 0.05) is 0 Å². The standard InChI is InChI=1S/C11H6Cl3FN2O/c12-4-6-10(14)16-5-17-11(6)18-8-3-1-2-7(13)9(8)15/h1-3,5H,4H2. The number of hydrogen-bond acceptors (Lipinski definition) is 3. The summed E-state index contributed by atoms with van der Waals surface area (Å²) in [7, 11) is 0. The van der Waals surface area contributed by atoms with E-state index in [-0.39, 0.29) is 27.7 Å². The molecule has 0 N–H and O–H groups in total. The van der Waals surface area contributed by atoms with Crippen LogP contribution in [-0.2, 0) is 5.88 Å². The molecule has 0 spiro atoms. The monoisotopic (exact) mass is 306 g/mol. The molecular weight excluding hydrogens is 301 g/mol. The zero-order chi connectivity index (χ0) is 13.1. The summed E-state index contributed by atoms with van der Waals surface area (Å²) in [6, 6.07) is 4.40. The van der Waals surface area contributed by atoms with Crippen molar-refractivity contribution in [2.45, 2.75) is 5.88 Å². The van der Waals surface area contributed by atoms with Crippen LogP contribution in [0.5, 0.6) is 11.6 Å². The summed E-state index contributed by atoms with van der Waals surface area (Å²) in [5, 5.41) is 0.123. The summed E-state index contributed by atoms with van der Waals surface area (Å²) in [5.41, 5.74) is 0.389. The van der Waals surface area contributed by atoms with Crippen LogP contribution in [0.15, 0.2) is 24.5 Å². The highest BCUT2D eigenvalue weighted by Crippen LogP contribution is 2.31. The first-order valence-electron chi connectivity index (χ1n) is 4.80. The Morgan fingerprint density at radius 3 is 2.72 bits per heavy atom. The molecule has 0 aliphatic rings. The number of alkyl halides is 1. The first-order chi connectivity index (χ1) is 8.63. The minimum Gasteiger partial charge on any atom is -0.435 e. The average Bonchev–Trinajstić information content (AvgIpc) is 2.35. The van der Waals surface area contributed by atoms with Crippen molar-refractivity contribution >= 4 is 34.8 Å². The Morgan fingerprint density at radius 2 is 2.00 bits per heavy atom. The van der Waals surface area contributed by atoms with Crippen LogP contribution in [0, 0.1) is 5.82 Å². The van der Waals surface area contributed by atoms with Crippen molar-refractivity contribution in [1.29, 1.82) is 0 Å². The van der Waals surface area contributed by atoms with E-state index >= 15 is 0 Å². The van der Waals surface area contributed by atoms with E-state index < -0.39 is 5.82 Å². The van der Waals surface area contributed by atoms with Gasteiger partial charge in [-0.05, 0) is 12.1 Å². The molecule has 0 saturated carbocycles. The fraction of sp³-hybridized carbons (Fsp3) is 0.0909. The fourth-order valence-electron chi connectivity index (χ4n) is 1.24. The Labute approximate surface area is 117 Å².